The Labute approximate surface area is 113 Å². The van der Waals surface area contributed by atoms with Crippen LogP contribution in [-0.4, -0.2) is 21.6 Å². The Morgan fingerprint density at radius 1 is 1.21 bits per heavy atom. The van der Waals surface area contributed by atoms with Crippen LogP contribution in [0.4, 0.5) is 5.95 Å². The van der Waals surface area contributed by atoms with E-state index >= 15 is 0 Å². The number of aromatic hydroxyl groups is 1. The Hall–Kier alpha value is -2.10. The van der Waals surface area contributed by atoms with Gasteiger partial charge in [0.1, 0.15) is 5.75 Å². The summed E-state index contributed by atoms with van der Waals surface area (Å²) < 4.78 is 0. The summed E-state index contributed by atoms with van der Waals surface area (Å²) in [6, 6.07) is 9.26. The zero-order valence-electron chi connectivity index (χ0n) is 11.4. The van der Waals surface area contributed by atoms with Gasteiger partial charge in [0.05, 0.1) is 0 Å². The molecule has 0 saturated heterocycles. The summed E-state index contributed by atoms with van der Waals surface area (Å²) in [6.07, 6.45) is 2.77. The quantitative estimate of drug-likeness (QED) is 0.894. The van der Waals surface area contributed by atoms with Crippen LogP contribution in [0.15, 0.2) is 36.5 Å². The van der Waals surface area contributed by atoms with E-state index in [0.29, 0.717) is 18.2 Å². The Morgan fingerprint density at radius 2 is 2.00 bits per heavy atom. The Morgan fingerprint density at radius 3 is 2.68 bits per heavy atom. The van der Waals surface area contributed by atoms with Crippen molar-refractivity contribution in [2.24, 2.45) is 0 Å². The van der Waals surface area contributed by atoms with Gasteiger partial charge in [0.2, 0.25) is 5.95 Å². The van der Waals surface area contributed by atoms with Gasteiger partial charge in [-0.25, -0.2) is 9.97 Å². The molecule has 0 amide bonds. The zero-order valence-corrected chi connectivity index (χ0v) is 11.4. The average Bonchev–Trinajstić information content (AvgIpc) is 2.40. The van der Waals surface area contributed by atoms with Crippen molar-refractivity contribution in [2.75, 3.05) is 11.4 Å². The largest absolute Gasteiger partial charge is 0.508 e. The van der Waals surface area contributed by atoms with E-state index in [1.165, 1.54) is 0 Å². The number of hydrogen-bond acceptors (Lipinski definition) is 4. The van der Waals surface area contributed by atoms with Gasteiger partial charge in [-0.2, -0.15) is 0 Å². The van der Waals surface area contributed by atoms with Crippen molar-refractivity contribution in [3.63, 3.8) is 0 Å². The van der Waals surface area contributed by atoms with E-state index in [9.17, 15) is 5.11 Å². The number of nitrogens with zero attached hydrogens (tertiary/aromatic N) is 3. The Balaban J connectivity index is 2.24. The van der Waals surface area contributed by atoms with E-state index < -0.39 is 0 Å². The number of phenols is 1. The first-order valence-corrected chi connectivity index (χ1v) is 6.52. The highest BCUT2D eigenvalue weighted by atomic mass is 16.3. The van der Waals surface area contributed by atoms with Crippen LogP contribution in [0.1, 0.15) is 24.6 Å². The van der Waals surface area contributed by atoms with Gasteiger partial charge in [0, 0.05) is 30.5 Å². The van der Waals surface area contributed by atoms with Gasteiger partial charge in [0.15, 0.2) is 0 Å². The molecular weight excluding hydrogens is 238 g/mol. The molecule has 19 heavy (non-hydrogen) atoms. The van der Waals surface area contributed by atoms with Gasteiger partial charge < -0.3 is 10.0 Å². The van der Waals surface area contributed by atoms with Crippen LogP contribution < -0.4 is 4.90 Å². The molecule has 1 heterocycles. The van der Waals surface area contributed by atoms with Crippen LogP contribution >= 0.6 is 0 Å². The van der Waals surface area contributed by atoms with E-state index in [1.807, 2.05) is 31.2 Å². The molecule has 0 aliphatic heterocycles. The number of hydrogen-bond donors (Lipinski definition) is 1. The molecule has 0 saturated carbocycles. The number of phenolic OH excluding ortho intramolecular Hbond substituents is 1. The lowest BCUT2D eigenvalue weighted by atomic mass is 10.2. The zero-order chi connectivity index (χ0) is 13.7. The number of aromatic nitrogens is 2. The number of rotatable bonds is 5. The molecular formula is C15H19N3O. The molecule has 4 heteroatoms. The molecule has 0 unspecified atom stereocenters. The highest BCUT2D eigenvalue weighted by molar-refractivity contribution is 5.38. The maximum absolute atomic E-state index is 9.86. The molecule has 100 valence electrons. The molecule has 0 spiro atoms. The van der Waals surface area contributed by atoms with E-state index in [1.54, 1.807) is 12.3 Å². The van der Waals surface area contributed by atoms with Crippen molar-refractivity contribution >= 4 is 5.95 Å². The topological polar surface area (TPSA) is 49.2 Å². The minimum absolute atomic E-state index is 0.316. The average molecular weight is 257 g/mol. The predicted molar refractivity (Wildman–Crippen MR) is 76.2 cm³/mol. The van der Waals surface area contributed by atoms with Crippen molar-refractivity contribution in [1.29, 1.82) is 0 Å². The van der Waals surface area contributed by atoms with Crippen molar-refractivity contribution in [2.45, 2.75) is 26.8 Å². The molecule has 1 aromatic carbocycles. The summed E-state index contributed by atoms with van der Waals surface area (Å²) in [5, 5.41) is 9.86. The minimum atomic E-state index is 0.316. The third kappa shape index (κ3) is 3.44. The van der Waals surface area contributed by atoms with Gasteiger partial charge in [-0.15, -0.1) is 0 Å². The summed E-state index contributed by atoms with van der Waals surface area (Å²) in [7, 11) is 0. The van der Waals surface area contributed by atoms with Crippen LogP contribution in [-0.2, 0) is 6.54 Å². The molecule has 0 fully saturated rings. The maximum Gasteiger partial charge on any atom is 0.225 e. The lowest BCUT2D eigenvalue weighted by molar-refractivity contribution is 0.467. The maximum atomic E-state index is 9.86. The molecule has 0 aliphatic rings. The fourth-order valence-electron chi connectivity index (χ4n) is 1.96. The summed E-state index contributed by atoms with van der Waals surface area (Å²) in [4.78, 5) is 10.9. The summed E-state index contributed by atoms with van der Waals surface area (Å²) in [5.74, 6) is 1.03. The summed E-state index contributed by atoms with van der Waals surface area (Å²) in [5.41, 5.74) is 1.84. The van der Waals surface area contributed by atoms with Crippen LogP contribution in [0.5, 0.6) is 5.75 Å². The Bertz CT molecular complexity index is 542. The fraction of sp³-hybridized carbons (Fsp3) is 0.333. The van der Waals surface area contributed by atoms with Gasteiger partial charge in [-0.1, -0.05) is 25.1 Å². The van der Waals surface area contributed by atoms with Gasteiger partial charge in [0.25, 0.3) is 0 Å². The summed E-state index contributed by atoms with van der Waals surface area (Å²) in [6.45, 7) is 5.55. The van der Waals surface area contributed by atoms with Crippen LogP contribution in [0.25, 0.3) is 0 Å². The SMILES string of the molecule is CCCN(Cc1ccccc1O)c1nccc(C)n1. The van der Waals surface area contributed by atoms with Gasteiger partial charge in [-0.3, -0.25) is 0 Å². The number of para-hydroxylation sites is 1. The van der Waals surface area contributed by atoms with Crippen LogP contribution in [0, 0.1) is 6.92 Å². The van der Waals surface area contributed by atoms with Gasteiger partial charge >= 0.3 is 0 Å². The lowest BCUT2D eigenvalue weighted by Crippen LogP contribution is -2.25. The predicted octanol–water partition coefficient (Wildman–Crippen LogP) is 2.91. The fourth-order valence-corrected chi connectivity index (χ4v) is 1.96. The van der Waals surface area contributed by atoms with E-state index in [4.69, 9.17) is 0 Å². The van der Waals surface area contributed by atoms with Gasteiger partial charge in [-0.05, 0) is 25.5 Å². The number of benzene rings is 1. The molecule has 0 radical (unpaired) electrons. The second-order valence-corrected chi connectivity index (χ2v) is 4.55. The molecule has 1 N–H and O–H groups in total. The normalized spacial score (nSPS) is 10.4. The first kappa shape index (κ1) is 13.3. The number of anilines is 1. The molecule has 2 aromatic rings. The van der Waals surface area contributed by atoms with E-state index in [0.717, 1.165) is 24.2 Å². The highest BCUT2D eigenvalue weighted by Gasteiger charge is 2.11. The lowest BCUT2D eigenvalue weighted by Gasteiger charge is -2.22. The third-order valence-corrected chi connectivity index (χ3v) is 2.91. The standard InChI is InChI=1S/C15H19N3O/c1-3-10-18(15-16-9-8-12(2)17-15)11-13-6-4-5-7-14(13)19/h4-9,19H,3,10-11H2,1-2H3. The van der Waals surface area contributed by atoms with Crippen molar-refractivity contribution in [3.05, 3.63) is 47.8 Å². The van der Waals surface area contributed by atoms with E-state index in [2.05, 4.69) is 21.8 Å². The molecule has 2 rings (SSSR count). The Kier molecular flexibility index (Phi) is 4.34. The second kappa shape index (κ2) is 6.18. The third-order valence-electron chi connectivity index (χ3n) is 2.91. The molecule has 0 atom stereocenters. The van der Waals surface area contributed by atoms with Crippen molar-refractivity contribution in [3.8, 4) is 5.75 Å². The number of aryl methyl sites for hydroxylation is 1. The first-order chi connectivity index (χ1) is 9.20. The van der Waals surface area contributed by atoms with Crippen LogP contribution in [0.2, 0.25) is 0 Å². The molecule has 4 nitrogen and oxygen atoms in total. The summed E-state index contributed by atoms with van der Waals surface area (Å²) >= 11 is 0. The monoisotopic (exact) mass is 257 g/mol. The van der Waals surface area contributed by atoms with Crippen molar-refractivity contribution in [1.82, 2.24) is 9.97 Å². The molecule has 1 aromatic heterocycles. The minimum Gasteiger partial charge on any atom is -0.508 e. The molecule has 0 aliphatic carbocycles. The highest BCUT2D eigenvalue weighted by Crippen LogP contribution is 2.20. The first-order valence-electron chi connectivity index (χ1n) is 6.52. The van der Waals surface area contributed by atoms with E-state index in [-0.39, 0.29) is 0 Å². The van der Waals surface area contributed by atoms with Crippen molar-refractivity contribution < 1.29 is 5.11 Å². The smallest absolute Gasteiger partial charge is 0.225 e. The molecule has 0 bridgehead atoms. The van der Waals surface area contributed by atoms with Crippen LogP contribution in [0.3, 0.4) is 0 Å². The second-order valence-electron chi connectivity index (χ2n) is 4.55.